The Morgan fingerprint density at radius 1 is 0.850 bits per heavy atom. The number of carbonyl (C=O) groups excluding carboxylic acids is 4. The zero-order valence-electron chi connectivity index (χ0n) is 23.0. The van der Waals surface area contributed by atoms with E-state index in [-0.39, 0.29) is 31.7 Å². The third-order valence-corrected chi connectivity index (χ3v) is 5.64. The van der Waals surface area contributed by atoms with Gasteiger partial charge in [0, 0.05) is 30.2 Å². The van der Waals surface area contributed by atoms with Crippen LogP contribution in [0, 0.1) is 6.92 Å². The van der Waals surface area contributed by atoms with Crippen LogP contribution in [0.15, 0.2) is 78.9 Å². The number of ether oxygens (including phenoxy) is 2. The van der Waals surface area contributed by atoms with Crippen LogP contribution in [0.1, 0.15) is 19.4 Å². The minimum absolute atomic E-state index is 0.279. The lowest BCUT2D eigenvalue weighted by atomic mass is 10.2. The maximum atomic E-state index is 13.3. The molecule has 210 valence electrons. The van der Waals surface area contributed by atoms with Gasteiger partial charge in [0.25, 0.3) is 0 Å². The van der Waals surface area contributed by atoms with Crippen molar-refractivity contribution in [2.45, 2.75) is 26.9 Å². The first-order chi connectivity index (χ1) is 19.1. The highest BCUT2D eigenvalue weighted by atomic mass is 16.6. The first kappa shape index (κ1) is 29.7. The molecular weight excluding hydrogens is 512 g/mol. The average Bonchev–Trinajstić information content (AvgIpc) is 2.93. The Balaban J connectivity index is 1.75. The summed E-state index contributed by atoms with van der Waals surface area (Å²) in [6.07, 6.45) is -0.279. The molecule has 0 fully saturated rings. The highest BCUT2D eigenvalue weighted by molar-refractivity contribution is 6.05. The van der Waals surface area contributed by atoms with Crippen molar-refractivity contribution < 1.29 is 28.7 Å². The fourth-order valence-corrected chi connectivity index (χ4v) is 3.69. The van der Waals surface area contributed by atoms with E-state index >= 15 is 0 Å². The van der Waals surface area contributed by atoms with Gasteiger partial charge in [0.1, 0.15) is 12.3 Å². The van der Waals surface area contributed by atoms with E-state index in [1.807, 2.05) is 37.3 Å². The molecule has 0 radical (unpaired) electrons. The van der Waals surface area contributed by atoms with E-state index in [0.29, 0.717) is 22.8 Å². The number of esters is 1. The maximum absolute atomic E-state index is 13.3. The SMILES string of the molecule is Cc1cccc(NC(=O)NCC(=O)N(CC(=O)N(C)c2ccccc2)c2cccc(OCC(=O)OC(C)C)c2)c1. The standard InChI is InChI=1S/C30H34N4O6/c1-21(2)40-29(37)20-39-26-15-9-14-25(17-26)34(19-28(36)33(4)24-12-6-5-7-13-24)27(35)18-31-30(38)32-23-11-8-10-22(3)16-23/h5-17,21H,18-20H2,1-4H3,(H2,31,32,38). The van der Waals surface area contributed by atoms with Gasteiger partial charge in [0.2, 0.25) is 11.8 Å². The van der Waals surface area contributed by atoms with Crippen molar-refractivity contribution in [3.8, 4) is 5.75 Å². The van der Waals surface area contributed by atoms with Crippen molar-refractivity contribution in [3.05, 3.63) is 84.4 Å². The topological polar surface area (TPSA) is 117 Å². The molecule has 0 aliphatic carbocycles. The summed E-state index contributed by atoms with van der Waals surface area (Å²) in [5, 5.41) is 5.24. The smallest absolute Gasteiger partial charge is 0.344 e. The Bertz CT molecular complexity index is 1330. The van der Waals surface area contributed by atoms with E-state index < -0.39 is 17.9 Å². The van der Waals surface area contributed by atoms with E-state index in [0.717, 1.165) is 5.56 Å². The number of rotatable bonds is 11. The van der Waals surface area contributed by atoms with Gasteiger partial charge in [-0.05, 0) is 62.7 Å². The second-order valence-corrected chi connectivity index (χ2v) is 9.27. The lowest BCUT2D eigenvalue weighted by molar-refractivity contribution is -0.149. The molecule has 3 rings (SSSR count). The van der Waals surface area contributed by atoms with E-state index in [2.05, 4.69) is 10.6 Å². The first-order valence-electron chi connectivity index (χ1n) is 12.8. The Labute approximate surface area is 233 Å². The van der Waals surface area contributed by atoms with Crippen molar-refractivity contribution in [2.24, 2.45) is 0 Å². The second-order valence-electron chi connectivity index (χ2n) is 9.27. The van der Waals surface area contributed by atoms with Crippen molar-refractivity contribution in [1.29, 1.82) is 0 Å². The Morgan fingerprint density at radius 3 is 2.25 bits per heavy atom. The van der Waals surface area contributed by atoms with E-state index in [4.69, 9.17) is 9.47 Å². The molecule has 0 saturated heterocycles. The third-order valence-electron chi connectivity index (χ3n) is 5.64. The van der Waals surface area contributed by atoms with Crippen molar-refractivity contribution in [3.63, 3.8) is 0 Å². The van der Waals surface area contributed by atoms with Gasteiger partial charge >= 0.3 is 12.0 Å². The largest absolute Gasteiger partial charge is 0.482 e. The van der Waals surface area contributed by atoms with Crippen molar-refractivity contribution in [1.82, 2.24) is 5.32 Å². The highest BCUT2D eigenvalue weighted by Crippen LogP contribution is 2.22. The Kier molecular flexibility index (Phi) is 10.6. The minimum Gasteiger partial charge on any atom is -0.482 e. The number of para-hydroxylation sites is 1. The number of hydrogen-bond acceptors (Lipinski definition) is 6. The molecule has 0 unspecified atom stereocenters. The van der Waals surface area contributed by atoms with Crippen LogP contribution in [-0.4, -0.2) is 56.7 Å². The van der Waals surface area contributed by atoms with E-state index in [1.165, 1.54) is 9.80 Å². The number of nitrogens with one attached hydrogen (secondary N) is 2. The minimum atomic E-state index is -0.563. The van der Waals surface area contributed by atoms with E-state index in [1.54, 1.807) is 69.4 Å². The van der Waals surface area contributed by atoms with E-state index in [9.17, 15) is 19.2 Å². The molecule has 0 atom stereocenters. The van der Waals surface area contributed by atoms with Crippen LogP contribution in [0.25, 0.3) is 0 Å². The molecule has 0 saturated carbocycles. The number of hydrogen-bond donors (Lipinski definition) is 2. The van der Waals surface area contributed by atoms with Crippen LogP contribution >= 0.6 is 0 Å². The van der Waals surface area contributed by atoms with Crippen molar-refractivity contribution in [2.75, 3.05) is 41.9 Å². The van der Waals surface area contributed by atoms with Gasteiger partial charge in [-0.1, -0.05) is 36.4 Å². The Hall–Kier alpha value is -4.86. The summed E-state index contributed by atoms with van der Waals surface area (Å²) in [7, 11) is 1.62. The molecule has 0 spiro atoms. The summed E-state index contributed by atoms with van der Waals surface area (Å²) >= 11 is 0. The number of nitrogens with zero attached hydrogens (tertiary/aromatic N) is 2. The number of urea groups is 1. The fourth-order valence-electron chi connectivity index (χ4n) is 3.69. The summed E-state index contributed by atoms with van der Waals surface area (Å²) in [4.78, 5) is 53.6. The normalized spacial score (nSPS) is 10.4. The highest BCUT2D eigenvalue weighted by Gasteiger charge is 2.23. The molecule has 0 bridgehead atoms. The van der Waals surface area contributed by atoms with Gasteiger partial charge in [-0.15, -0.1) is 0 Å². The van der Waals surface area contributed by atoms with Crippen LogP contribution < -0.4 is 25.2 Å². The predicted octanol–water partition coefficient (Wildman–Crippen LogP) is 4.14. The third kappa shape index (κ3) is 9.16. The predicted molar refractivity (Wildman–Crippen MR) is 154 cm³/mol. The molecule has 10 heteroatoms. The first-order valence-corrected chi connectivity index (χ1v) is 12.8. The molecule has 4 amide bonds. The molecule has 0 aliphatic rings. The number of carbonyl (C=O) groups is 4. The lowest BCUT2D eigenvalue weighted by Gasteiger charge is -2.26. The molecule has 40 heavy (non-hydrogen) atoms. The average molecular weight is 547 g/mol. The summed E-state index contributed by atoms with van der Waals surface area (Å²) in [6, 6.07) is 22.2. The van der Waals surface area contributed by atoms with Crippen LogP contribution in [0.4, 0.5) is 21.9 Å². The molecule has 2 N–H and O–H groups in total. The van der Waals surface area contributed by atoms with Gasteiger partial charge in [-0.2, -0.15) is 0 Å². The zero-order chi connectivity index (χ0) is 29.1. The number of amides is 4. The maximum Gasteiger partial charge on any atom is 0.344 e. The molecule has 3 aromatic carbocycles. The molecule has 0 aliphatic heterocycles. The quantitative estimate of drug-likeness (QED) is 0.349. The fraction of sp³-hybridized carbons (Fsp3) is 0.267. The zero-order valence-corrected chi connectivity index (χ0v) is 23.0. The van der Waals surface area contributed by atoms with Crippen LogP contribution in [-0.2, 0) is 19.1 Å². The summed E-state index contributed by atoms with van der Waals surface area (Å²) in [6.45, 7) is 4.39. The molecule has 0 heterocycles. The lowest BCUT2D eigenvalue weighted by Crippen LogP contribution is -2.46. The van der Waals surface area contributed by atoms with Crippen LogP contribution in [0.5, 0.6) is 5.75 Å². The Morgan fingerprint density at radius 2 is 1.55 bits per heavy atom. The summed E-state index contributed by atoms with van der Waals surface area (Å²) < 4.78 is 10.6. The van der Waals surface area contributed by atoms with Crippen LogP contribution in [0.2, 0.25) is 0 Å². The summed E-state index contributed by atoms with van der Waals surface area (Å²) in [5.41, 5.74) is 2.58. The number of benzene rings is 3. The van der Waals surface area contributed by atoms with Gasteiger partial charge < -0.3 is 29.9 Å². The van der Waals surface area contributed by atoms with Crippen LogP contribution in [0.3, 0.4) is 0 Å². The van der Waals surface area contributed by atoms with Gasteiger partial charge in [0.05, 0.1) is 12.6 Å². The molecular formula is C30H34N4O6. The number of aryl methyl sites for hydroxylation is 1. The summed E-state index contributed by atoms with van der Waals surface area (Å²) in [5.74, 6) is -1.09. The second kappa shape index (κ2) is 14.3. The molecule has 3 aromatic rings. The molecule has 0 aromatic heterocycles. The van der Waals surface area contributed by atoms with Gasteiger partial charge in [0.15, 0.2) is 6.61 Å². The monoisotopic (exact) mass is 546 g/mol. The van der Waals surface area contributed by atoms with Gasteiger partial charge in [-0.25, -0.2) is 9.59 Å². The molecule has 10 nitrogen and oxygen atoms in total. The number of anilines is 3. The number of likely N-dealkylation sites (N-methyl/N-ethyl adjacent to an activating group) is 1. The van der Waals surface area contributed by atoms with Crippen molar-refractivity contribution >= 4 is 40.9 Å². The van der Waals surface area contributed by atoms with Gasteiger partial charge in [-0.3, -0.25) is 9.59 Å².